The molecule has 0 aliphatic rings. The van der Waals surface area contributed by atoms with Gasteiger partial charge in [0.2, 0.25) is 0 Å². The molecule has 1 aromatic rings. The van der Waals surface area contributed by atoms with Gasteiger partial charge < -0.3 is 5.73 Å². The van der Waals surface area contributed by atoms with Crippen molar-refractivity contribution in [2.75, 3.05) is 5.73 Å². The Morgan fingerprint density at radius 2 is 0.846 bits per heavy atom. The number of benzene rings is 1. The Morgan fingerprint density at radius 1 is 0.615 bits per heavy atom. The fraction of sp³-hybridized carbons (Fsp3) is 0. The minimum absolute atomic E-state index is 0. The second-order valence-corrected chi connectivity index (χ2v) is 3.87. The molecule has 68 valence electrons. The monoisotopic (exact) mass is 287 g/mol. The van der Waals surface area contributed by atoms with Gasteiger partial charge in [0.25, 0.3) is 0 Å². The van der Waals surface area contributed by atoms with Crippen LogP contribution in [-0.2, 0) is 0 Å². The van der Waals surface area contributed by atoms with Crippen LogP contribution < -0.4 is 5.73 Å². The third-order valence-corrected chi connectivity index (χ3v) is 3.55. The molecule has 0 heterocycles. The summed E-state index contributed by atoms with van der Waals surface area (Å²) in [5, 5.41) is 0.588. The van der Waals surface area contributed by atoms with Crippen molar-refractivity contribution in [3.8, 4) is 0 Å². The Kier molecular flexibility index (Phi) is 6.15. The molecule has 0 amide bonds. The van der Waals surface area contributed by atoms with Crippen LogP contribution in [0.4, 0.5) is 5.69 Å². The first-order valence-corrected chi connectivity index (χ1v) is 4.62. The van der Waals surface area contributed by atoms with Gasteiger partial charge >= 0.3 is 29.6 Å². The molecule has 1 nitrogen and oxygen atoms in total. The van der Waals surface area contributed by atoms with Crippen molar-refractivity contribution in [2.45, 2.75) is 0 Å². The van der Waals surface area contributed by atoms with E-state index in [1.807, 2.05) is 0 Å². The van der Waals surface area contributed by atoms with Crippen molar-refractivity contribution in [2.24, 2.45) is 0 Å². The van der Waals surface area contributed by atoms with E-state index in [4.69, 9.17) is 63.7 Å². The number of rotatable bonds is 0. The van der Waals surface area contributed by atoms with Gasteiger partial charge in [0.1, 0.15) is 0 Å². The summed E-state index contributed by atoms with van der Waals surface area (Å²) in [5.74, 6) is 0. The summed E-state index contributed by atoms with van der Waals surface area (Å²) in [6, 6.07) is 0. The zero-order valence-corrected chi connectivity index (χ0v) is 9.25. The van der Waals surface area contributed by atoms with Gasteiger partial charge in [0.05, 0.1) is 30.8 Å². The molecule has 0 radical (unpaired) electrons. The number of anilines is 1. The van der Waals surface area contributed by atoms with Gasteiger partial charge in [-0.3, -0.25) is 0 Å². The fourth-order valence-corrected chi connectivity index (χ4v) is 1.77. The van der Waals surface area contributed by atoms with Crippen LogP contribution in [0.15, 0.2) is 0 Å². The molecular formula is C6H3Cl5NNa. The molecule has 1 aromatic carbocycles. The van der Waals surface area contributed by atoms with Gasteiger partial charge in [-0.1, -0.05) is 58.0 Å². The summed E-state index contributed by atoms with van der Waals surface area (Å²) in [7, 11) is 0. The summed E-state index contributed by atoms with van der Waals surface area (Å²) < 4.78 is 0. The quantitative estimate of drug-likeness (QED) is 0.333. The molecule has 0 fully saturated rings. The van der Waals surface area contributed by atoms with Gasteiger partial charge in [0.15, 0.2) is 0 Å². The maximum absolute atomic E-state index is 5.68. The number of hydrogen-bond acceptors (Lipinski definition) is 1. The molecular weight excluding hydrogens is 286 g/mol. The van der Waals surface area contributed by atoms with E-state index in [9.17, 15) is 0 Å². The molecule has 13 heavy (non-hydrogen) atoms. The van der Waals surface area contributed by atoms with Gasteiger partial charge in [-0.2, -0.15) is 0 Å². The first-order chi connectivity index (χ1) is 5.46. The van der Waals surface area contributed by atoms with Crippen LogP contribution in [0.25, 0.3) is 0 Å². The van der Waals surface area contributed by atoms with Crippen molar-refractivity contribution in [1.82, 2.24) is 0 Å². The Balaban J connectivity index is 0.00000144. The zero-order chi connectivity index (χ0) is 9.46. The van der Waals surface area contributed by atoms with Crippen molar-refractivity contribution < 1.29 is 0 Å². The van der Waals surface area contributed by atoms with E-state index in [-0.39, 0.29) is 60.4 Å². The molecule has 0 unspecified atom stereocenters. The van der Waals surface area contributed by atoms with Crippen molar-refractivity contribution in [3.63, 3.8) is 0 Å². The van der Waals surface area contributed by atoms with E-state index in [1.54, 1.807) is 0 Å². The van der Waals surface area contributed by atoms with Gasteiger partial charge in [-0.05, 0) is 0 Å². The first kappa shape index (κ1) is 14.5. The van der Waals surface area contributed by atoms with E-state index >= 15 is 0 Å². The Morgan fingerprint density at radius 3 is 1.15 bits per heavy atom. The van der Waals surface area contributed by atoms with E-state index in [0.29, 0.717) is 0 Å². The molecule has 2 N–H and O–H groups in total. The van der Waals surface area contributed by atoms with Crippen LogP contribution in [0.3, 0.4) is 0 Å². The molecule has 0 saturated heterocycles. The molecule has 7 heteroatoms. The molecule has 0 spiro atoms. The van der Waals surface area contributed by atoms with Crippen LogP contribution in [-0.4, -0.2) is 29.6 Å². The second-order valence-electron chi connectivity index (χ2n) is 1.98. The van der Waals surface area contributed by atoms with Crippen LogP contribution in [0.5, 0.6) is 0 Å². The Hall–Kier alpha value is 1.47. The summed E-state index contributed by atoms with van der Waals surface area (Å²) in [6.07, 6.45) is 0. The normalized spacial score (nSPS) is 9.62. The zero-order valence-electron chi connectivity index (χ0n) is 5.47. The van der Waals surface area contributed by atoms with E-state index < -0.39 is 0 Å². The van der Waals surface area contributed by atoms with Crippen LogP contribution in [0.1, 0.15) is 0 Å². The summed E-state index contributed by atoms with van der Waals surface area (Å²) in [6.45, 7) is 0. The molecule has 0 saturated carbocycles. The van der Waals surface area contributed by atoms with E-state index in [1.165, 1.54) is 0 Å². The van der Waals surface area contributed by atoms with Crippen LogP contribution in [0, 0.1) is 0 Å². The summed E-state index contributed by atoms with van der Waals surface area (Å²) in [4.78, 5) is 0. The molecule has 0 atom stereocenters. The second kappa shape index (κ2) is 5.53. The number of hydrogen-bond donors (Lipinski definition) is 1. The van der Waals surface area contributed by atoms with Crippen LogP contribution >= 0.6 is 58.0 Å². The summed E-state index contributed by atoms with van der Waals surface area (Å²) >= 11 is 28.4. The number of nitrogens with two attached hydrogens (primary N) is 1. The van der Waals surface area contributed by atoms with Crippen molar-refractivity contribution in [3.05, 3.63) is 25.1 Å². The Bertz CT molecular complexity index is 235. The predicted octanol–water partition coefficient (Wildman–Crippen LogP) is 3.89. The van der Waals surface area contributed by atoms with Gasteiger partial charge in [-0.15, -0.1) is 0 Å². The third-order valence-electron chi connectivity index (χ3n) is 1.24. The van der Waals surface area contributed by atoms with Crippen molar-refractivity contribution >= 4 is 93.2 Å². The van der Waals surface area contributed by atoms with E-state index in [0.717, 1.165) is 0 Å². The molecule has 0 aromatic heterocycles. The minimum atomic E-state index is 0. The molecule has 0 aliphatic heterocycles. The van der Waals surface area contributed by atoms with E-state index in [2.05, 4.69) is 0 Å². The fourth-order valence-electron chi connectivity index (χ4n) is 0.622. The SMILES string of the molecule is Nc1c(Cl)c(Cl)c(Cl)c(Cl)c1Cl.[NaH]. The molecule has 0 aliphatic carbocycles. The Labute approximate surface area is 123 Å². The van der Waals surface area contributed by atoms with Crippen molar-refractivity contribution in [1.29, 1.82) is 0 Å². The molecule has 1 rings (SSSR count). The predicted molar refractivity (Wildman–Crippen MR) is 63.1 cm³/mol. The summed E-state index contributed by atoms with van der Waals surface area (Å²) in [5.41, 5.74) is 5.60. The van der Waals surface area contributed by atoms with Crippen LogP contribution in [0.2, 0.25) is 25.1 Å². The topological polar surface area (TPSA) is 26.0 Å². The average molecular weight is 289 g/mol. The number of nitrogen functional groups attached to an aromatic ring is 1. The first-order valence-electron chi connectivity index (χ1n) is 2.73. The molecule has 0 bridgehead atoms. The maximum atomic E-state index is 5.68. The third kappa shape index (κ3) is 2.73. The van der Waals surface area contributed by atoms with Gasteiger partial charge in [0, 0.05) is 0 Å². The average Bonchev–Trinajstić information content (AvgIpc) is 2.08. The standard InChI is InChI=1S/C6H2Cl5N.Na.H/c7-1-2(8)4(10)6(12)5(11)3(1)9;;/h12H2;;. The number of halogens is 5. The van der Waals surface area contributed by atoms with Gasteiger partial charge in [-0.25, -0.2) is 0 Å².